The lowest BCUT2D eigenvalue weighted by Gasteiger charge is -2.14. The number of nitrogens with zero attached hydrogens (tertiary/aromatic N) is 2. The Morgan fingerprint density at radius 2 is 2.11 bits per heavy atom. The van der Waals surface area contributed by atoms with Crippen molar-refractivity contribution in [2.75, 3.05) is 13.1 Å². The number of nitro groups is 1. The lowest BCUT2D eigenvalue weighted by Crippen LogP contribution is -2.34. The quantitative estimate of drug-likeness (QED) is 0.648. The van der Waals surface area contributed by atoms with Crippen LogP contribution in [0.2, 0.25) is 0 Å². The Morgan fingerprint density at radius 1 is 1.42 bits per heavy atom. The zero-order chi connectivity index (χ0) is 14.2. The Labute approximate surface area is 116 Å². The molecule has 19 heavy (non-hydrogen) atoms. The van der Waals surface area contributed by atoms with Gasteiger partial charge >= 0.3 is 6.03 Å². The van der Waals surface area contributed by atoms with Gasteiger partial charge in [-0.05, 0) is 12.1 Å². The fourth-order valence-corrected chi connectivity index (χ4v) is 3.69. The van der Waals surface area contributed by atoms with Crippen LogP contribution in [-0.2, 0) is 10.0 Å². The largest absolute Gasteiger partial charge is 0.335 e. The first-order valence-electron chi connectivity index (χ1n) is 5.08. The summed E-state index contributed by atoms with van der Waals surface area (Å²) in [5.74, 6) is 0. The summed E-state index contributed by atoms with van der Waals surface area (Å²) in [5, 5.41) is 13.2. The summed E-state index contributed by atoms with van der Waals surface area (Å²) in [5.41, 5.74) is -0.567. The van der Waals surface area contributed by atoms with Gasteiger partial charge in [-0.3, -0.25) is 10.1 Å². The maximum absolute atomic E-state index is 12.3. The molecule has 10 heteroatoms. The maximum atomic E-state index is 12.3. The van der Waals surface area contributed by atoms with Crippen molar-refractivity contribution in [1.82, 2.24) is 9.62 Å². The molecule has 1 saturated heterocycles. The van der Waals surface area contributed by atoms with Gasteiger partial charge in [0.1, 0.15) is 0 Å². The minimum Gasteiger partial charge on any atom is -0.335 e. The van der Waals surface area contributed by atoms with Crippen molar-refractivity contribution in [1.29, 1.82) is 0 Å². The molecule has 1 heterocycles. The van der Waals surface area contributed by atoms with Crippen LogP contribution in [0.15, 0.2) is 27.6 Å². The van der Waals surface area contributed by atoms with Crippen LogP contribution >= 0.6 is 15.9 Å². The second-order valence-corrected chi connectivity index (χ2v) is 6.42. The van der Waals surface area contributed by atoms with E-state index in [1.54, 1.807) is 0 Å². The summed E-state index contributed by atoms with van der Waals surface area (Å²) in [4.78, 5) is 21.0. The molecule has 2 amide bonds. The Kier molecular flexibility index (Phi) is 3.45. The SMILES string of the molecule is O=C1NCCN1S(=O)(=O)c1cc(Br)ccc1[N+](=O)[O-]. The molecule has 8 nitrogen and oxygen atoms in total. The molecule has 2 rings (SSSR count). The highest BCUT2D eigenvalue weighted by atomic mass is 79.9. The number of nitrogens with one attached hydrogen (secondary N) is 1. The van der Waals surface area contributed by atoms with Crippen LogP contribution in [0.4, 0.5) is 10.5 Å². The van der Waals surface area contributed by atoms with Gasteiger partial charge in [-0.15, -0.1) is 0 Å². The average molecular weight is 350 g/mol. The van der Waals surface area contributed by atoms with Crippen LogP contribution in [0, 0.1) is 10.1 Å². The third kappa shape index (κ3) is 2.40. The Morgan fingerprint density at radius 3 is 2.63 bits per heavy atom. The monoisotopic (exact) mass is 349 g/mol. The van der Waals surface area contributed by atoms with E-state index in [-0.39, 0.29) is 13.1 Å². The van der Waals surface area contributed by atoms with Gasteiger partial charge in [0, 0.05) is 17.1 Å². The molecule has 0 atom stereocenters. The number of benzene rings is 1. The van der Waals surface area contributed by atoms with Crippen LogP contribution in [0.1, 0.15) is 0 Å². The number of hydrogen-bond donors (Lipinski definition) is 1. The van der Waals surface area contributed by atoms with Gasteiger partial charge < -0.3 is 5.32 Å². The van der Waals surface area contributed by atoms with Crippen molar-refractivity contribution in [3.63, 3.8) is 0 Å². The molecule has 1 aromatic carbocycles. The summed E-state index contributed by atoms with van der Waals surface area (Å²) in [6, 6.07) is 2.76. The van der Waals surface area contributed by atoms with Crippen LogP contribution < -0.4 is 5.32 Å². The summed E-state index contributed by atoms with van der Waals surface area (Å²) in [6.45, 7) is 0.130. The zero-order valence-corrected chi connectivity index (χ0v) is 11.8. The summed E-state index contributed by atoms with van der Waals surface area (Å²) in [7, 11) is -4.24. The topological polar surface area (TPSA) is 110 Å². The number of rotatable bonds is 3. The molecule has 0 spiro atoms. The third-order valence-corrected chi connectivity index (χ3v) is 4.81. The van der Waals surface area contributed by atoms with Gasteiger partial charge in [-0.2, -0.15) is 0 Å². The second kappa shape index (κ2) is 4.78. The van der Waals surface area contributed by atoms with Crippen molar-refractivity contribution in [3.8, 4) is 0 Å². The number of amides is 2. The molecule has 1 aliphatic heterocycles. The van der Waals surface area contributed by atoms with Crippen LogP contribution in [0.25, 0.3) is 0 Å². The van der Waals surface area contributed by atoms with E-state index in [2.05, 4.69) is 21.2 Å². The van der Waals surface area contributed by atoms with E-state index in [1.165, 1.54) is 6.07 Å². The molecular formula is C9H8BrN3O5S. The van der Waals surface area contributed by atoms with Crippen molar-refractivity contribution < 1.29 is 18.1 Å². The number of urea groups is 1. The Balaban J connectivity index is 2.60. The highest BCUT2D eigenvalue weighted by Crippen LogP contribution is 2.30. The highest BCUT2D eigenvalue weighted by molar-refractivity contribution is 9.10. The smallest absolute Gasteiger partial charge is 0.331 e. The van der Waals surface area contributed by atoms with Crippen LogP contribution in [0.3, 0.4) is 0 Å². The van der Waals surface area contributed by atoms with E-state index in [1.807, 2.05) is 0 Å². The third-order valence-electron chi connectivity index (χ3n) is 2.50. The number of nitro benzene ring substituents is 1. The first-order valence-corrected chi connectivity index (χ1v) is 7.32. The molecular weight excluding hydrogens is 342 g/mol. The Hall–Kier alpha value is -1.68. The van der Waals surface area contributed by atoms with Crippen LogP contribution in [-0.4, -0.2) is 36.8 Å². The van der Waals surface area contributed by atoms with Gasteiger partial charge in [0.05, 0.1) is 11.5 Å². The van der Waals surface area contributed by atoms with Crippen molar-refractivity contribution in [2.45, 2.75) is 4.90 Å². The van der Waals surface area contributed by atoms with Gasteiger partial charge in [-0.25, -0.2) is 17.5 Å². The standard InChI is InChI=1S/C9H8BrN3O5S/c10-6-1-2-7(13(15)16)8(5-6)19(17,18)12-4-3-11-9(12)14/h1-2,5H,3-4H2,(H,11,14). The minimum absolute atomic E-state index is 0.0508. The van der Waals surface area contributed by atoms with Gasteiger partial charge in [0.15, 0.2) is 4.90 Å². The van der Waals surface area contributed by atoms with Gasteiger partial charge in [0.2, 0.25) is 0 Å². The molecule has 1 aliphatic rings. The van der Waals surface area contributed by atoms with E-state index < -0.39 is 31.6 Å². The number of hydrogen-bond acceptors (Lipinski definition) is 5. The lowest BCUT2D eigenvalue weighted by molar-refractivity contribution is -0.387. The summed E-state index contributed by atoms with van der Waals surface area (Å²) in [6.07, 6.45) is 0. The van der Waals surface area contributed by atoms with Gasteiger partial charge in [0.25, 0.3) is 15.7 Å². The van der Waals surface area contributed by atoms with E-state index in [0.29, 0.717) is 8.78 Å². The van der Waals surface area contributed by atoms with Crippen molar-refractivity contribution in [3.05, 3.63) is 32.8 Å². The van der Waals surface area contributed by atoms with E-state index in [0.717, 1.165) is 12.1 Å². The highest BCUT2D eigenvalue weighted by Gasteiger charge is 2.37. The number of carbonyl (C=O) groups excluding carboxylic acids is 1. The number of halogens is 1. The fraction of sp³-hybridized carbons (Fsp3) is 0.222. The van der Waals surface area contributed by atoms with Crippen molar-refractivity contribution >= 4 is 37.7 Å². The van der Waals surface area contributed by atoms with Gasteiger partial charge in [-0.1, -0.05) is 15.9 Å². The predicted molar refractivity (Wildman–Crippen MR) is 68.1 cm³/mol. The molecule has 1 N–H and O–H groups in total. The summed E-state index contributed by atoms with van der Waals surface area (Å²) < 4.78 is 25.5. The Bertz CT molecular complexity index is 660. The molecule has 0 unspecified atom stereocenters. The molecule has 1 fully saturated rings. The predicted octanol–water partition coefficient (Wildman–Crippen LogP) is 1.07. The zero-order valence-electron chi connectivity index (χ0n) is 9.37. The molecule has 0 bridgehead atoms. The first kappa shape index (κ1) is 13.7. The molecule has 0 saturated carbocycles. The van der Waals surface area contributed by atoms with Crippen LogP contribution in [0.5, 0.6) is 0 Å². The number of sulfonamides is 1. The normalized spacial score (nSPS) is 15.4. The molecule has 0 aromatic heterocycles. The average Bonchev–Trinajstić information content (AvgIpc) is 2.75. The van der Waals surface area contributed by atoms with E-state index >= 15 is 0 Å². The minimum atomic E-state index is -4.24. The molecule has 1 aromatic rings. The number of carbonyl (C=O) groups is 1. The maximum Gasteiger partial charge on any atom is 0.331 e. The van der Waals surface area contributed by atoms with E-state index in [9.17, 15) is 23.3 Å². The summed E-state index contributed by atoms with van der Waals surface area (Å²) >= 11 is 3.06. The first-order chi connectivity index (χ1) is 8.84. The molecule has 0 aliphatic carbocycles. The fourth-order valence-electron chi connectivity index (χ4n) is 1.65. The lowest BCUT2D eigenvalue weighted by atomic mass is 10.3. The second-order valence-electron chi connectivity index (χ2n) is 3.68. The molecule has 102 valence electrons. The molecule has 0 radical (unpaired) electrons. The van der Waals surface area contributed by atoms with Crippen molar-refractivity contribution in [2.24, 2.45) is 0 Å². The van der Waals surface area contributed by atoms with E-state index in [4.69, 9.17) is 0 Å².